The molecule has 6 heteroatoms. The van der Waals surface area contributed by atoms with E-state index in [1.807, 2.05) is 36.6 Å². The Morgan fingerprint density at radius 3 is 2.54 bits per heavy atom. The predicted molar refractivity (Wildman–Crippen MR) is 112 cm³/mol. The van der Waals surface area contributed by atoms with E-state index < -0.39 is 5.91 Å². The van der Waals surface area contributed by atoms with Gasteiger partial charge in [-0.25, -0.2) is 4.39 Å². The average Bonchev–Trinajstić information content (AvgIpc) is 2.94. The lowest BCUT2D eigenvalue weighted by molar-refractivity contribution is -0.112. The number of amides is 1. The molecule has 1 N–H and O–H groups in total. The van der Waals surface area contributed by atoms with Crippen LogP contribution in [0.1, 0.15) is 17.0 Å². The molecular weight excluding hydrogens is 421 g/mol. The molecule has 4 nitrogen and oxygen atoms in total. The number of hydrogen-bond donors (Lipinski definition) is 1. The van der Waals surface area contributed by atoms with Crippen molar-refractivity contribution in [2.75, 3.05) is 5.32 Å². The smallest absolute Gasteiger partial charge is 0.266 e. The summed E-state index contributed by atoms with van der Waals surface area (Å²) in [7, 11) is 0. The van der Waals surface area contributed by atoms with Crippen molar-refractivity contribution in [1.29, 1.82) is 5.26 Å². The van der Waals surface area contributed by atoms with Crippen molar-refractivity contribution in [2.24, 2.45) is 0 Å². The van der Waals surface area contributed by atoms with Gasteiger partial charge in [0.25, 0.3) is 5.91 Å². The van der Waals surface area contributed by atoms with Gasteiger partial charge >= 0.3 is 0 Å². The molecule has 0 aliphatic rings. The Morgan fingerprint density at radius 2 is 1.89 bits per heavy atom. The highest BCUT2D eigenvalue weighted by molar-refractivity contribution is 9.10. The lowest BCUT2D eigenvalue weighted by Crippen LogP contribution is -2.13. The van der Waals surface area contributed by atoms with Crippen molar-refractivity contribution in [2.45, 2.75) is 13.8 Å². The maximum absolute atomic E-state index is 13.2. The van der Waals surface area contributed by atoms with Crippen LogP contribution in [0.5, 0.6) is 0 Å². The van der Waals surface area contributed by atoms with Gasteiger partial charge in [-0.2, -0.15) is 5.26 Å². The first-order valence-corrected chi connectivity index (χ1v) is 9.32. The standard InChI is InChI=1S/C22H17BrFN3O/c1-14-10-16(15(2)27(14)21-8-6-19(24)7-9-21)11-17(13-25)22(28)26-20-5-3-4-18(23)12-20/h3-12H,1-2H3,(H,26,28)/b17-11-. The van der Waals surface area contributed by atoms with Gasteiger partial charge in [0.2, 0.25) is 0 Å². The minimum atomic E-state index is -0.479. The second-order valence-electron chi connectivity index (χ2n) is 6.27. The van der Waals surface area contributed by atoms with Crippen LogP contribution in [0.15, 0.2) is 64.6 Å². The zero-order valence-corrected chi connectivity index (χ0v) is 16.9. The van der Waals surface area contributed by atoms with Crippen LogP contribution in [0.3, 0.4) is 0 Å². The minimum absolute atomic E-state index is 0.000619. The minimum Gasteiger partial charge on any atom is -0.321 e. The van der Waals surface area contributed by atoms with Crippen LogP contribution in [0.25, 0.3) is 11.8 Å². The highest BCUT2D eigenvalue weighted by Gasteiger charge is 2.14. The molecule has 0 aliphatic carbocycles. The summed E-state index contributed by atoms with van der Waals surface area (Å²) in [4.78, 5) is 12.5. The topological polar surface area (TPSA) is 57.8 Å². The van der Waals surface area contributed by atoms with Gasteiger partial charge in [0.1, 0.15) is 17.5 Å². The third kappa shape index (κ3) is 4.21. The number of nitriles is 1. The van der Waals surface area contributed by atoms with E-state index in [4.69, 9.17) is 0 Å². The predicted octanol–water partition coefficient (Wildman–Crippen LogP) is 5.54. The van der Waals surface area contributed by atoms with Crippen LogP contribution in [0.4, 0.5) is 10.1 Å². The van der Waals surface area contributed by atoms with E-state index in [-0.39, 0.29) is 11.4 Å². The third-order valence-electron chi connectivity index (χ3n) is 4.30. The molecule has 1 amide bonds. The first-order valence-electron chi connectivity index (χ1n) is 8.52. The van der Waals surface area contributed by atoms with Gasteiger partial charge < -0.3 is 9.88 Å². The summed E-state index contributed by atoms with van der Waals surface area (Å²) in [6.07, 6.45) is 1.57. The number of aryl methyl sites for hydroxylation is 1. The molecule has 0 saturated carbocycles. The number of benzene rings is 2. The van der Waals surface area contributed by atoms with Crippen molar-refractivity contribution >= 4 is 33.6 Å². The first kappa shape index (κ1) is 19.6. The molecule has 140 valence electrons. The fraction of sp³-hybridized carbons (Fsp3) is 0.0909. The van der Waals surface area contributed by atoms with Crippen LogP contribution in [-0.4, -0.2) is 10.5 Å². The molecule has 1 heterocycles. The lowest BCUT2D eigenvalue weighted by atomic mass is 10.1. The summed E-state index contributed by atoms with van der Waals surface area (Å²) in [5.74, 6) is -0.783. The van der Waals surface area contributed by atoms with Crippen molar-refractivity contribution in [3.8, 4) is 11.8 Å². The largest absolute Gasteiger partial charge is 0.321 e. The molecule has 28 heavy (non-hydrogen) atoms. The molecule has 3 aromatic rings. The summed E-state index contributed by atoms with van der Waals surface area (Å²) in [5, 5.41) is 12.2. The van der Waals surface area contributed by atoms with Crippen molar-refractivity contribution in [3.63, 3.8) is 0 Å². The number of rotatable bonds is 4. The number of nitrogens with one attached hydrogen (secondary N) is 1. The molecular formula is C22H17BrFN3O. The summed E-state index contributed by atoms with van der Waals surface area (Å²) >= 11 is 3.35. The Bertz CT molecular complexity index is 1110. The number of nitrogens with zero attached hydrogens (tertiary/aromatic N) is 2. The van der Waals surface area contributed by atoms with E-state index in [2.05, 4.69) is 21.2 Å². The summed E-state index contributed by atoms with van der Waals surface area (Å²) < 4.78 is 16.0. The lowest BCUT2D eigenvalue weighted by Gasteiger charge is -2.09. The Morgan fingerprint density at radius 1 is 1.18 bits per heavy atom. The van der Waals surface area contributed by atoms with E-state index in [1.165, 1.54) is 12.1 Å². The molecule has 0 spiro atoms. The van der Waals surface area contributed by atoms with Crippen LogP contribution in [-0.2, 0) is 4.79 Å². The van der Waals surface area contributed by atoms with Gasteiger partial charge in [0.05, 0.1) is 0 Å². The van der Waals surface area contributed by atoms with Gasteiger partial charge in [-0.3, -0.25) is 4.79 Å². The van der Waals surface area contributed by atoms with Gasteiger partial charge in [-0.05, 0) is 74.0 Å². The second-order valence-corrected chi connectivity index (χ2v) is 7.19. The Hall–Kier alpha value is -3.17. The highest BCUT2D eigenvalue weighted by Crippen LogP contribution is 2.23. The molecule has 2 aromatic carbocycles. The molecule has 0 unspecified atom stereocenters. The zero-order valence-electron chi connectivity index (χ0n) is 15.3. The number of carbonyl (C=O) groups is 1. The quantitative estimate of drug-likeness (QED) is 0.430. The van der Waals surface area contributed by atoms with Gasteiger partial charge in [0, 0.05) is 27.2 Å². The molecule has 0 saturated heterocycles. The van der Waals surface area contributed by atoms with E-state index in [0.717, 1.165) is 27.1 Å². The number of carbonyl (C=O) groups excluding carboxylic acids is 1. The van der Waals surface area contributed by atoms with Crippen molar-refractivity contribution in [3.05, 3.63) is 87.4 Å². The molecule has 0 bridgehead atoms. The Balaban J connectivity index is 1.93. The molecule has 0 atom stereocenters. The number of hydrogen-bond acceptors (Lipinski definition) is 2. The van der Waals surface area contributed by atoms with Crippen molar-refractivity contribution < 1.29 is 9.18 Å². The van der Waals surface area contributed by atoms with Crippen LogP contribution in [0.2, 0.25) is 0 Å². The fourth-order valence-corrected chi connectivity index (χ4v) is 3.39. The number of aromatic nitrogens is 1. The molecule has 0 radical (unpaired) electrons. The van der Waals surface area contributed by atoms with Crippen LogP contribution >= 0.6 is 15.9 Å². The number of anilines is 1. The van der Waals surface area contributed by atoms with E-state index in [0.29, 0.717) is 5.69 Å². The third-order valence-corrected chi connectivity index (χ3v) is 4.80. The van der Waals surface area contributed by atoms with Crippen LogP contribution < -0.4 is 5.32 Å². The first-order chi connectivity index (χ1) is 13.4. The summed E-state index contributed by atoms with van der Waals surface area (Å²) in [6.45, 7) is 3.81. The van der Waals surface area contributed by atoms with Crippen LogP contribution in [0, 0.1) is 31.0 Å². The number of halogens is 2. The molecule has 0 aliphatic heterocycles. The maximum atomic E-state index is 13.2. The van der Waals surface area contributed by atoms with E-state index >= 15 is 0 Å². The van der Waals surface area contributed by atoms with E-state index in [1.54, 1.807) is 36.4 Å². The monoisotopic (exact) mass is 437 g/mol. The van der Waals surface area contributed by atoms with Crippen molar-refractivity contribution in [1.82, 2.24) is 4.57 Å². The zero-order chi connectivity index (χ0) is 20.3. The SMILES string of the molecule is Cc1cc(/C=C(/C#N)C(=O)Nc2cccc(Br)c2)c(C)n1-c1ccc(F)cc1. The second kappa shape index (κ2) is 8.24. The normalized spacial score (nSPS) is 11.2. The van der Waals surface area contributed by atoms with Gasteiger partial charge in [-0.15, -0.1) is 0 Å². The summed E-state index contributed by atoms with van der Waals surface area (Å²) in [6, 6.07) is 17.2. The molecule has 1 aromatic heterocycles. The fourth-order valence-electron chi connectivity index (χ4n) is 2.99. The average molecular weight is 438 g/mol. The molecule has 0 fully saturated rings. The molecule has 3 rings (SSSR count). The van der Waals surface area contributed by atoms with E-state index in [9.17, 15) is 14.4 Å². The van der Waals surface area contributed by atoms with Gasteiger partial charge in [0.15, 0.2) is 0 Å². The van der Waals surface area contributed by atoms with Gasteiger partial charge in [-0.1, -0.05) is 22.0 Å². The Labute approximate surface area is 171 Å². The highest BCUT2D eigenvalue weighted by atomic mass is 79.9. The maximum Gasteiger partial charge on any atom is 0.266 e. The summed E-state index contributed by atoms with van der Waals surface area (Å²) in [5.41, 5.74) is 3.93. The Kier molecular flexibility index (Phi) is 5.76.